The monoisotopic (exact) mass is 292 g/mol. The molecule has 2 fully saturated rings. The predicted molar refractivity (Wildman–Crippen MR) is 65.8 cm³/mol. The minimum Gasteiger partial charge on any atom is -0.343 e. The maximum Gasteiger partial charge on any atom is 0.390 e. The molecule has 1 spiro atoms. The van der Waals surface area contributed by atoms with E-state index in [-0.39, 0.29) is 5.91 Å². The summed E-state index contributed by atoms with van der Waals surface area (Å²) in [6.07, 6.45) is -2.01. The van der Waals surface area contributed by atoms with Gasteiger partial charge in [0, 0.05) is 6.54 Å². The van der Waals surface area contributed by atoms with Crippen molar-refractivity contribution in [2.75, 3.05) is 6.54 Å². The third kappa shape index (κ3) is 2.76. The second kappa shape index (κ2) is 5.26. The SMILES string of the molecule is CC1NC(=O)C2(CCCCC2)N(CCC(F)(F)F)C1=O. The van der Waals surface area contributed by atoms with Crippen LogP contribution in [-0.2, 0) is 9.59 Å². The van der Waals surface area contributed by atoms with Gasteiger partial charge in [-0.05, 0) is 19.8 Å². The van der Waals surface area contributed by atoms with Gasteiger partial charge in [0.1, 0.15) is 11.6 Å². The Hall–Kier alpha value is -1.27. The van der Waals surface area contributed by atoms with Crippen LogP contribution in [0.5, 0.6) is 0 Å². The molecule has 1 aliphatic heterocycles. The molecule has 2 aliphatic rings. The Bertz CT molecular complexity index is 403. The maximum atomic E-state index is 12.4. The van der Waals surface area contributed by atoms with Crippen molar-refractivity contribution in [1.82, 2.24) is 10.2 Å². The number of carbonyl (C=O) groups is 2. The Kier molecular flexibility index (Phi) is 3.97. The van der Waals surface area contributed by atoms with E-state index in [2.05, 4.69) is 5.32 Å². The first kappa shape index (κ1) is 15.1. The number of alkyl halides is 3. The molecule has 2 amide bonds. The highest BCUT2D eigenvalue weighted by Gasteiger charge is 2.52. The van der Waals surface area contributed by atoms with E-state index in [4.69, 9.17) is 0 Å². The number of halogens is 3. The molecule has 1 saturated heterocycles. The largest absolute Gasteiger partial charge is 0.390 e. The van der Waals surface area contributed by atoms with Gasteiger partial charge >= 0.3 is 6.18 Å². The number of carbonyl (C=O) groups excluding carboxylic acids is 2. The highest BCUT2D eigenvalue weighted by molar-refractivity contribution is 5.99. The fourth-order valence-corrected chi connectivity index (χ4v) is 3.16. The predicted octanol–water partition coefficient (Wildman–Crippen LogP) is 1.99. The lowest BCUT2D eigenvalue weighted by Gasteiger charge is -2.49. The third-order valence-electron chi connectivity index (χ3n) is 4.22. The summed E-state index contributed by atoms with van der Waals surface area (Å²) in [7, 11) is 0. The fourth-order valence-electron chi connectivity index (χ4n) is 3.16. The van der Waals surface area contributed by atoms with Crippen molar-refractivity contribution in [1.29, 1.82) is 0 Å². The molecule has 0 aromatic heterocycles. The van der Waals surface area contributed by atoms with Gasteiger partial charge in [-0.2, -0.15) is 13.2 Å². The molecule has 20 heavy (non-hydrogen) atoms. The Morgan fingerprint density at radius 1 is 1.25 bits per heavy atom. The van der Waals surface area contributed by atoms with E-state index in [9.17, 15) is 22.8 Å². The van der Waals surface area contributed by atoms with Gasteiger partial charge in [-0.3, -0.25) is 9.59 Å². The topological polar surface area (TPSA) is 49.4 Å². The highest BCUT2D eigenvalue weighted by atomic mass is 19.4. The average Bonchev–Trinajstić information content (AvgIpc) is 2.36. The maximum absolute atomic E-state index is 12.4. The first-order valence-electron chi connectivity index (χ1n) is 6.95. The zero-order chi connectivity index (χ0) is 15.0. The Balaban J connectivity index is 2.24. The molecule has 114 valence electrons. The van der Waals surface area contributed by atoms with Crippen LogP contribution in [0.2, 0.25) is 0 Å². The number of hydrogen-bond donors (Lipinski definition) is 1. The molecule has 0 aromatic carbocycles. The summed E-state index contributed by atoms with van der Waals surface area (Å²) in [6.45, 7) is 1.08. The van der Waals surface area contributed by atoms with Gasteiger partial charge in [0.05, 0.1) is 6.42 Å². The smallest absolute Gasteiger partial charge is 0.343 e. The van der Waals surface area contributed by atoms with Crippen LogP contribution in [-0.4, -0.2) is 41.0 Å². The van der Waals surface area contributed by atoms with Crippen LogP contribution >= 0.6 is 0 Å². The van der Waals surface area contributed by atoms with Crippen molar-refractivity contribution in [3.63, 3.8) is 0 Å². The number of nitrogens with one attached hydrogen (secondary N) is 1. The number of rotatable bonds is 2. The molecule has 2 rings (SSSR count). The zero-order valence-electron chi connectivity index (χ0n) is 11.4. The normalized spacial score (nSPS) is 26.8. The van der Waals surface area contributed by atoms with E-state index < -0.39 is 36.6 Å². The minimum absolute atomic E-state index is 0.300. The Morgan fingerprint density at radius 2 is 1.85 bits per heavy atom. The van der Waals surface area contributed by atoms with Gasteiger partial charge < -0.3 is 10.2 Å². The van der Waals surface area contributed by atoms with Crippen LogP contribution in [0.15, 0.2) is 0 Å². The number of amides is 2. The molecular weight excluding hydrogens is 273 g/mol. The summed E-state index contributed by atoms with van der Waals surface area (Å²) in [5, 5.41) is 2.61. The van der Waals surface area contributed by atoms with Gasteiger partial charge in [-0.25, -0.2) is 0 Å². The van der Waals surface area contributed by atoms with E-state index in [0.29, 0.717) is 12.8 Å². The second-order valence-corrected chi connectivity index (χ2v) is 5.64. The summed E-state index contributed by atoms with van der Waals surface area (Å²) in [5.74, 6) is -0.706. The number of nitrogens with zero attached hydrogens (tertiary/aromatic N) is 1. The molecule has 0 bridgehead atoms. The van der Waals surface area contributed by atoms with Crippen molar-refractivity contribution in [3.8, 4) is 0 Å². The molecule has 0 radical (unpaired) electrons. The van der Waals surface area contributed by atoms with E-state index in [1.165, 1.54) is 11.8 Å². The molecule has 1 atom stereocenters. The van der Waals surface area contributed by atoms with E-state index in [1.807, 2.05) is 0 Å². The van der Waals surface area contributed by atoms with Gasteiger partial charge in [-0.1, -0.05) is 19.3 Å². The average molecular weight is 292 g/mol. The van der Waals surface area contributed by atoms with E-state index >= 15 is 0 Å². The summed E-state index contributed by atoms with van der Waals surface area (Å²) < 4.78 is 37.3. The van der Waals surface area contributed by atoms with Gasteiger partial charge in [0.2, 0.25) is 11.8 Å². The zero-order valence-corrected chi connectivity index (χ0v) is 11.4. The summed E-state index contributed by atoms with van der Waals surface area (Å²) >= 11 is 0. The first-order valence-corrected chi connectivity index (χ1v) is 6.95. The molecule has 0 aromatic rings. The summed E-state index contributed by atoms with van der Waals surface area (Å²) in [5.41, 5.74) is -1.06. The molecule has 1 unspecified atom stereocenters. The molecule has 7 heteroatoms. The van der Waals surface area contributed by atoms with Crippen molar-refractivity contribution in [2.24, 2.45) is 0 Å². The van der Waals surface area contributed by atoms with Crippen LogP contribution < -0.4 is 5.32 Å². The van der Waals surface area contributed by atoms with Gasteiger partial charge in [-0.15, -0.1) is 0 Å². The van der Waals surface area contributed by atoms with Crippen LogP contribution in [0.25, 0.3) is 0 Å². The first-order chi connectivity index (χ1) is 9.26. The second-order valence-electron chi connectivity index (χ2n) is 5.64. The Morgan fingerprint density at radius 3 is 2.40 bits per heavy atom. The van der Waals surface area contributed by atoms with Crippen LogP contribution in [0.1, 0.15) is 45.4 Å². The van der Waals surface area contributed by atoms with Crippen molar-refractivity contribution in [2.45, 2.75) is 63.2 Å². The molecule has 1 aliphatic carbocycles. The molecular formula is C13H19F3N2O2. The third-order valence-corrected chi connectivity index (χ3v) is 4.22. The lowest BCUT2D eigenvalue weighted by atomic mass is 9.77. The lowest BCUT2D eigenvalue weighted by molar-refractivity contribution is -0.167. The quantitative estimate of drug-likeness (QED) is 0.846. The standard InChI is InChI=1S/C13H19F3N2O2/c1-9-10(19)18(8-7-13(14,15)16)12(11(20)17-9)5-3-2-4-6-12/h9H,2-8H2,1H3,(H,17,20). The number of piperazine rings is 1. The minimum atomic E-state index is -4.33. The van der Waals surface area contributed by atoms with Gasteiger partial charge in [0.15, 0.2) is 0 Å². The Labute approximate surface area is 115 Å². The van der Waals surface area contributed by atoms with Crippen molar-refractivity contribution < 1.29 is 22.8 Å². The highest BCUT2D eigenvalue weighted by Crippen LogP contribution is 2.37. The van der Waals surface area contributed by atoms with E-state index in [1.54, 1.807) is 0 Å². The molecule has 1 saturated carbocycles. The van der Waals surface area contributed by atoms with Crippen LogP contribution in [0, 0.1) is 0 Å². The van der Waals surface area contributed by atoms with Crippen LogP contribution in [0.3, 0.4) is 0 Å². The molecule has 1 heterocycles. The lowest BCUT2D eigenvalue weighted by Crippen LogP contribution is -2.70. The summed E-state index contributed by atoms with van der Waals surface area (Å²) in [4.78, 5) is 25.7. The fraction of sp³-hybridized carbons (Fsp3) is 0.846. The van der Waals surface area contributed by atoms with Crippen LogP contribution in [0.4, 0.5) is 13.2 Å². The molecule has 4 nitrogen and oxygen atoms in total. The van der Waals surface area contributed by atoms with Crippen molar-refractivity contribution >= 4 is 11.8 Å². The summed E-state index contributed by atoms with van der Waals surface area (Å²) in [6, 6.07) is -0.747. The number of hydrogen-bond acceptors (Lipinski definition) is 2. The molecule has 1 N–H and O–H groups in total. The van der Waals surface area contributed by atoms with Gasteiger partial charge in [0.25, 0.3) is 0 Å². The van der Waals surface area contributed by atoms with Crippen molar-refractivity contribution in [3.05, 3.63) is 0 Å². The van der Waals surface area contributed by atoms with E-state index in [0.717, 1.165) is 19.3 Å².